The number of benzene rings is 3. The van der Waals surface area contributed by atoms with Crippen LogP contribution in [0.2, 0.25) is 0 Å². The second kappa shape index (κ2) is 8.02. The van der Waals surface area contributed by atoms with E-state index in [9.17, 15) is 12.8 Å². The summed E-state index contributed by atoms with van der Waals surface area (Å²) >= 11 is 0. The molecule has 0 aliphatic carbocycles. The van der Waals surface area contributed by atoms with Crippen molar-refractivity contribution >= 4 is 15.7 Å². The van der Waals surface area contributed by atoms with Gasteiger partial charge in [-0.1, -0.05) is 24.3 Å². The lowest BCUT2D eigenvalue weighted by Gasteiger charge is -2.31. The number of hydrogen-bond donors (Lipinski definition) is 0. The number of rotatable bonds is 6. The lowest BCUT2D eigenvalue weighted by Crippen LogP contribution is -2.33. The van der Waals surface area contributed by atoms with Crippen LogP contribution in [-0.4, -0.2) is 15.5 Å². The van der Waals surface area contributed by atoms with Gasteiger partial charge in [-0.25, -0.2) is 12.8 Å². The minimum atomic E-state index is -3.93. The highest BCUT2D eigenvalue weighted by Gasteiger charge is 2.30. The van der Waals surface area contributed by atoms with Gasteiger partial charge in [0.05, 0.1) is 23.7 Å². The van der Waals surface area contributed by atoms with Crippen molar-refractivity contribution in [3.8, 4) is 5.75 Å². The van der Waals surface area contributed by atoms with E-state index in [0.717, 1.165) is 23.3 Å². The third kappa shape index (κ3) is 4.02. The maximum atomic E-state index is 13.5. The van der Waals surface area contributed by atoms with Crippen molar-refractivity contribution in [3.63, 3.8) is 0 Å². The van der Waals surface area contributed by atoms with Crippen molar-refractivity contribution in [2.45, 2.75) is 24.8 Å². The van der Waals surface area contributed by atoms with E-state index in [0.29, 0.717) is 11.4 Å². The number of anilines is 1. The fourth-order valence-corrected chi connectivity index (χ4v) is 4.73. The van der Waals surface area contributed by atoms with Crippen LogP contribution in [0.3, 0.4) is 0 Å². The van der Waals surface area contributed by atoms with Gasteiger partial charge in [0.1, 0.15) is 11.6 Å². The Morgan fingerprint density at radius 1 is 0.964 bits per heavy atom. The molecule has 0 fully saturated rings. The van der Waals surface area contributed by atoms with E-state index in [1.54, 1.807) is 13.2 Å². The summed E-state index contributed by atoms with van der Waals surface area (Å²) in [5.41, 5.74) is 2.26. The van der Waals surface area contributed by atoms with Crippen molar-refractivity contribution in [3.05, 3.63) is 89.7 Å². The van der Waals surface area contributed by atoms with E-state index in [2.05, 4.69) is 0 Å². The molecule has 0 aromatic heterocycles. The summed E-state index contributed by atoms with van der Waals surface area (Å²) in [5, 5.41) is 0. The van der Waals surface area contributed by atoms with Crippen LogP contribution in [0.25, 0.3) is 0 Å². The monoisotopic (exact) mass is 399 g/mol. The molecule has 3 aromatic rings. The molecule has 0 bridgehead atoms. The van der Waals surface area contributed by atoms with Crippen molar-refractivity contribution in [1.82, 2.24) is 0 Å². The average Bonchev–Trinajstić information content (AvgIpc) is 2.68. The molecule has 3 rings (SSSR count). The predicted molar refractivity (Wildman–Crippen MR) is 109 cm³/mol. The van der Waals surface area contributed by atoms with Gasteiger partial charge >= 0.3 is 0 Å². The van der Waals surface area contributed by atoms with Gasteiger partial charge < -0.3 is 4.74 Å². The molecular weight excluding hydrogens is 377 g/mol. The van der Waals surface area contributed by atoms with Crippen LogP contribution in [0.4, 0.5) is 10.1 Å². The fourth-order valence-electron chi connectivity index (χ4n) is 3.09. The number of methoxy groups -OCH3 is 1. The van der Waals surface area contributed by atoms with Crippen LogP contribution in [0.1, 0.15) is 24.1 Å². The minimum absolute atomic E-state index is 0.0325. The molecule has 0 amide bonds. The maximum Gasteiger partial charge on any atom is 0.264 e. The second-order valence-corrected chi connectivity index (χ2v) is 8.36. The maximum absolute atomic E-state index is 13.5. The van der Waals surface area contributed by atoms with E-state index < -0.39 is 21.9 Å². The zero-order chi connectivity index (χ0) is 20.3. The summed E-state index contributed by atoms with van der Waals surface area (Å²) in [5.74, 6) is 0.162. The first-order valence-electron chi connectivity index (χ1n) is 8.83. The summed E-state index contributed by atoms with van der Waals surface area (Å²) in [6, 6.07) is 19.0. The molecule has 0 aliphatic heterocycles. The summed E-state index contributed by atoms with van der Waals surface area (Å²) in [6.07, 6.45) is 0. The second-order valence-electron chi connectivity index (χ2n) is 6.55. The number of hydrogen-bond acceptors (Lipinski definition) is 3. The highest BCUT2D eigenvalue weighted by molar-refractivity contribution is 7.92. The van der Waals surface area contributed by atoms with Crippen LogP contribution in [0, 0.1) is 12.7 Å². The lowest BCUT2D eigenvalue weighted by molar-refractivity contribution is 0.414. The van der Waals surface area contributed by atoms with Crippen LogP contribution >= 0.6 is 0 Å². The molecule has 146 valence electrons. The first kappa shape index (κ1) is 19.9. The smallest absolute Gasteiger partial charge is 0.264 e. The molecule has 6 heteroatoms. The van der Waals surface area contributed by atoms with Crippen molar-refractivity contribution in [2.24, 2.45) is 0 Å². The third-order valence-corrected chi connectivity index (χ3v) is 6.47. The molecule has 0 heterocycles. The Bertz CT molecular complexity index is 1070. The topological polar surface area (TPSA) is 46.6 Å². The molecule has 4 nitrogen and oxygen atoms in total. The fraction of sp³-hybridized carbons (Fsp3) is 0.182. The van der Waals surface area contributed by atoms with E-state index >= 15 is 0 Å². The van der Waals surface area contributed by atoms with Crippen LogP contribution in [-0.2, 0) is 10.0 Å². The average molecular weight is 399 g/mol. The van der Waals surface area contributed by atoms with Gasteiger partial charge in [0.2, 0.25) is 0 Å². The zero-order valence-electron chi connectivity index (χ0n) is 16.0. The van der Waals surface area contributed by atoms with Crippen LogP contribution in [0.5, 0.6) is 5.75 Å². The summed E-state index contributed by atoms with van der Waals surface area (Å²) < 4.78 is 47.0. The van der Waals surface area contributed by atoms with E-state index in [1.807, 2.05) is 56.3 Å². The first-order chi connectivity index (χ1) is 13.3. The van der Waals surface area contributed by atoms with Crippen molar-refractivity contribution in [2.75, 3.05) is 11.4 Å². The van der Waals surface area contributed by atoms with Gasteiger partial charge in [0.15, 0.2) is 0 Å². The van der Waals surface area contributed by atoms with Crippen LogP contribution < -0.4 is 9.04 Å². The Hall–Kier alpha value is -2.86. The van der Waals surface area contributed by atoms with Gasteiger partial charge in [-0.05, 0) is 73.5 Å². The molecule has 0 N–H and O–H groups in total. The lowest BCUT2D eigenvalue weighted by atomic mass is 10.1. The SMILES string of the molecule is COc1cccc([C@H](C)N(c2cccc(C)c2)S(=O)(=O)c2ccc(F)cc2)c1. The Morgan fingerprint density at radius 3 is 2.29 bits per heavy atom. The third-order valence-electron chi connectivity index (χ3n) is 4.55. The Kier molecular flexibility index (Phi) is 5.70. The number of aryl methyl sites for hydroxylation is 1. The molecule has 0 saturated heterocycles. The van der Waals surface area contributed by atoms with E-state index in [4.69, 9.17) is 4.74 Å². The molecule has 0 unspecified atom stereocenters. The zero-order valence-corrected chi connectivity index (χ0v) is 16.8. The molecule has 0 radical (unpaired) electrons. The van der Waals surface area contributed by atoms with Gasteiger partial charge in [-0.2, -0.15) is 0 Å². The Morgan fingerprint density at radius 2 is 1.64 bits per heavy atom. The number of halogens is 1. The highest BCUT2D eigenvalue weighted by Crippen LogP contribution is 2.34. The highest BCUT2D eigenvalue weighted by atomic mass is 32.2. The number of ether oxygens (including phenoxy) is 1. The van der Waals surface area contributed by atoms with Gasteiger partial charge in [0, 0.05) is 0 Å². The summed E-state index contributed by atoms with van der Waals surface area (Å²) in [4.78, 5) is 0.0325. The summed E-state index contributed by atoms with van der Waals surface area (Å²) in [7, 11) is -2.36. The summed E-state index contributed by atoms with van der Waals surface area (Å²) in [6.45, 7) is 3.72. The Labute approximate surface area is 165 Å². The van der Waals surface area contributed by atoms with E-state index in [1.165, 1.54) is 16.4 Å². The largest absolute Gasteiger partial charge is 0.497 e. The van der Waals surface area contributed by atoms with Crippen molar-refractivity contribution < 1.29 is 17.5 Å². The normalized spacial score (nSPS) is 12.4. The minimum Gasteiger partial charge on any atom is -0.497 e. The quantitative estimate of drug-likeness (QED) is 0.579. The first-order valence-corrected chi connectivity index (χ1v) is 10.3. The molecule has 0 aliphatic rings. The van der Waals surface area contributed by atoms with Crippen LogP contribution in [0.15, 0.2) is 77.7 Å². The standard InChI is InChI=1S/C22H22FNO3S/c1-16-6-4-8-20(14-16)24(17(2)18-7-5-9-21(15-18)27-3)28(25,26)22-12-10-19(23)11-13-22/h4-15,17H,1-3H3/t17-/m0/s1. The molecule has 28 heavy (non-hydrogen) atoms. The molecule has 0 spiro atoms. The molecule has 1 atom stereocenters. The number of nitrogens with zero attached hydrogens (tertiary/aromatic N) is 1. The van der Waals surface area contributed by atoms with Crippen molar-refractivity contribution in [1.29, 1.82) is 0 Å². The number of sulfonamides is 1. The van der Waals surface area contributed by atoms with Gasteiger partial charge in [-0.3, -0.25) is 4.31 Å². The van der Waals surface area contributed by atoms with E-state index in [-0.39, 0.29) is 4.90 Å². The van der Waals surface area contributed by atoms with Gasteiger partial charge in [-0.15, -0.1) is 0 Å². The predicted octanol–water partition coefficient (Wildman–Crippen LogP) is 5.10. The molecular formula is C22H22FNO3S. The van der Waals surface area contributed by atoms with Gasteiger partial charge in [0.25, 0.3) is 10.0 Å². The Balaban J connectivity index is 2.15. The molecule has 0 saturated carbocycles. The molecule has 3 aromatic carbocycles.